The first kappa shape index (κ1) is 17.6. The van der Waals surface area contributed by atoms with Gasteiger partial charge in [-0.15, -0.1) is 0 Å². The average Bonchev–Trinajstić information content (AvgIpc) is 2.54. The highest BCUT2D eigenvalue weighted by Gasteiger charge is 2.26. The predicted octanol–water partition coefficient (Wildman–Crippen LogP) is 4.08. The third kappa shape index (κ3) is 4.37. The molecule has 4 nitrogen and oxygen atoms in total. The van der Waals surface area contributed by atoms with Crippen molar-refractivity contribution in [2.75, 3.05) is 19.7 Å². The fourth-order valence-corrected chi connectivity index (χ4v) is 4.25. The van der Waals surface area contributed by atoms with E-state index >= 15 is 0 Å². The molecule has 0 atom stereocenters. The molecular formula is C16H24ClNO3S. The van der Waals surface area contributed by atoms with Crippen LogP contribution in [0.5, 0.6) is 5.75 Å². The maximum atomic E-state index is 12.7. The Bertz CT molecular complexity index is 583. The van der Waals surface area contributed by atoms with Gasteiger partial charge < -0.3 is 4.74 Å². The summed E-state index contributed by atoms with van der Waals surface area (Å²) in [5.74, 6) is 0.454. The van der Waals surface area contributed by atoms with E-state index in [1.165, 1.54) is 0 Å². The number of halogens is 1. The van der Waals surface area contributed by atoms with Crippen LogP contribution in [0, 0.1) is 0 Å². The zero-order valence-corrected chi connectivity index (χ0v) is 14.6. The summed E-state index contributed by atoms with van der Waals surface area (Å²) in [7, 11) is -3.44. The number of hydrogen-bond acceptors (Lipinski definition) is 3. The molecule has 124 valence electrons. The molecule has 0 bridgehead atoms. The van der Waals surface area contributed by atoms with Crippen LogP contribution in [0.1, 0.15) is 45.4 Å². The minimum absolute atomic E-state index is 0.268. The molecule has 1 fully saturated rings. The van der Waals surface area contributed by atoms with Gasteiger partial charge >= 0.3 is 0 Å². The fraction of sp³-hybridized carbons (Fsp3) is 0.625. The van der Waals surface area contributed by atoms with Gasteiger partial charge in [0.1, 0.15) is 5.75 Å². The number of piperidine rings is 1. The van der Waals surface area contributed by atoms with E-state index in [2.05, 4.69) is 6.92 Å². The molecule has 0 saturated carbocycles. The Balaban J connectivity index is 2.13. The van der Waals surface area contributed by atoms with Crippen LogP contribution in [0.2, 0.25) is 5.02 Å². The van der Waals surface area contributed by atoms with Crippen LogP contribution >= 0.6 is 11.6 Å². The molecular weight excluding hydrogens is 322 g/mol. The van der Waals surface area contributed by atoms with Gasteiger partial charge in [0.2, 0.25) is 10.0 Å². The maximum Gasteiger partial charge on any atom is 0.243 e. The number of hydrogen-bond donors (Lipinski definition) is 0. The van der Waals surface area contributed by atoms with E-state index in [0.29, 0.717) is 30.5 Å². The van der Waals surface area contributed by atoms with Gasteiger partial charge in [-0.3, -0.25) is 0 Å². The summed E-state index contributed by atoms with van der Waals surface area (Å²) in [5.41, 5.74) is 0. The van der Waals surface area contributed by atoms with Crippen molar-refractivity contribution in [3.63, 3.8) is 0 Å². The van der Waals surface area contributed by atoms with E-state index < -0.39 is 10.0 Å². The van der Waals surface area contributed by atoms with Crippen molar-refractivity contribution >= 4 is 21.6 Å². The van der Waals surface area contributed by atoms with Crippen molar-refractivity contribution in [2.45, 2.75) is 50.3 Å². The van der Waals surface area contributed by atoms with Crippen molar-refractivity contribution in [2.24, 2.45) is 0 Å². The molecule has 1 heterocycles. The first-order valence-corrected chi connectivity index (χ1v) is 9.80. The highest BCUT2D eigenvalue weighted by atomic mass is 35.5. The van der Waals surface area contributed by atoms with E-state index in [0.717, 1.165) is 38.5 Å². The van der Waals surface area contributed by atoms with Crippen LogP contribution < -0.4 is 4.74 Å². The zero-order valence-electron chi connectivity index (χ0n) is 13.1. The van der Waals surface area contributed by atoms with Crippen molar-refractivity contribution in [1.29, 1.82) is 0 Å². The van der Waals surface area contributed by atoms with Gasteiger partial charge in [0.25, 0.3) is 0 Å². The monoisotopic (exact) mass is 345 g/mol. The van der Waals surface area contributed by atoms with E-state index in [-0.39, 0.29) is 4.90 Å². The summed E-state index contributed by atoms with van der Waals surface area (Å²) in [6, 6.07) is 4.72. The molecule has 1 aromatic carbocycles. The Morgan fingerprint density at radius 2 is 1.91 bits per heavy atom. The lowest BCUT2D eigenvalue weighted by atomic mass is 10.2. The lowest BCUT2D eigenvalue weighted by Gasteiger charge is -2.26. The van der Waals surface area contributed by atoms with Gasteiger partial charge in [-0.25, -0.2) is 8.42 Å². The Morgan fingerprint density at radius 1 is 1.18 bits per heavy atom. The van der Waals surface area contributed by atoms with E-state index in [9.17, 15) is 8.42 Å². The SMILES string of the molecule is CCCCCOc1cc(S(=O)(=O)N2CCCCC2)ccc1Cl. The summed E-state index contributed by atoms with van der Waals surface area (Å²) in [6.07, 6.45) is 6.08. The Hall–Kier alpha value is -0.780. The highest BCUT2D eigenvalue weighted by molar-refractivity contribution is 7.89. The minimum Gasteiger partial charge on any atom is -0.492 e. The molecule has 6 heteroatoms. The van der Waals surface area contributed by atoms with E-state index in [1.807, 2.05) is 0 Å². The van der Waals surface area contributed by atoms with E-state index in [1.54, 1.807) is 22.5 Å². The predicted molar refractivity (Wildman–Crippen MR) is 89.1 cm³/mol. The summed E-state index contributed by atoms with van der Waals surface area (Å²) in [6.45, 7) is 3.87. The number of rotatable bonds is 7. The van der Waals surface area contributed by atoms with Gasteiger partial charge in [0.15, 0.2) is 0 Å². The lowest BCUT2D eigenvalue weighted by molar-refractivity contribution is 0.305. The first-order valence-electron chi connectivity index (χ1n) is 7.98. The molecule has 0 amide bonds. The highest BCUT2D eigenvalue weighted by Crippen LogP contribution is 2.30. The van der Waals surface area contributed by atoms with Gasteiger partial charge in [0, 0.05) is 19.2 Å². The number of nitrogens with zero attached hydrogens (tertiary/aromatic N) is 1. The largest absolute Gasteiger partial charge is 0.492 e. The quantitative estimate of drug-likeness (QED) is 0.699. The molecule has 0 spiro atoms. The van der Waals surface area contributed by atoms with Crippen LogP contribution in [0.15, 0.2) is 23.1 Å². The molecule has 0 aromatic heterocycles. The molecule has 1 aliphatic rings. The summed E-state index contributed by atoms with van der Waals surface area (Å²) >= 11 is 6.11. The second-order valence-corrected chi connectivity index (χ2v) is 7.96. The molecule has 0 aliphatic carbocycles. The molecule has 0 N–H and O–H groups in total. The smallest absolute Gasteiger partial charge is 0.243 e. The van der Waals surface area contributed by atoms with Gasteiger partial charge in [0.05, 0.1) is 16.5 Å². The Labute approximate surface area is 138 Å². The summed E-state index contributed by atoms with van der Waals surface area (Å²) < 4.78 is 32.5. The maximum absolute atomic E-state index is 12.7. The minimum atomic E-state index is -3.44. The second kappa shape index (κ2) is 8.18. The van der Waals surface area contributed by atoms with Crippen LogP contribution in [0.25, 0.3) is 0 Å². The molecule has 2 rings (SSSR count). The van der Waals surface area contributed by atoms with Gasteiger partial charge in [-0.2, -0.15) is 4.31 Å². The third-order valence-corrected chi connectivity index (χ3v) is 6.07. The molecule has 1 aliphatic heterocycles. The number of sulfonamides is 1. The molecule has 0 radical (unpaired) electrons. The van der Waals surface area contributed by atoms with Crippen LogP contribution in [-0.4, -0.2) is 32.4 Å². The molecule has 1 saturated heterocycles. The van der Waals surface area contributed by atoms with Crippen LogP contribution in [0.4, 0.5) is 0 Å². The van der Waals surface area contributed by atoms with Gasteiger partial charge in [-0.05, 0) is 31.4 Å². The van der Waals surface area contributed by atoms with Crippen LogP contribution in [0.3, 0.4) is 0 Å². The fourth-order valence-electron chi connectivity index (χ4n) is 2.54. The standard InChI is InChI=1S/C16H24ClNO3S/c1-2-3-7-12-21-16-13-14(8-9-15(16)17)22(19,20)18-10-5-4-6-11-18/h8-9,13H,2-7,10-12H2,1H3. The summed E-state index contributed by atoms with van der Waals surface area (Å²) in [5, 5.41) is 0.453. The second-order valence-electron chi connectivity index (χ2n) is 5.61. The third-order valence-electron chi connectivity index (χ3n) is 3.86. The number of unbranched alkanes of at least 4 members (excludes halogenated alkanes) is 2. The number of ether oxygens (including phenoxy) is 1. The molecule has 0 unspecified atom stereocenters. The normalized spacial score (nSPS) is 16.6. The molecule has 1 aromatic rings. The topological polar surface area (TPSA) is 46.6 Å². The van der Waals surface area contributed by atoms with Crippen molar-refractivity contribution in [3.8, 4) is 5.75 Å². The van der Waals surface area contributed by atoms with E-state index in [4.69, 9.17) is 16.3 Å². The van der Waals surface area contributed by atoms with Crippen molar-refractivity contribution < 1.29 is 13.2 Å². The van der Waals surface area contributed by atoms with Crippen LogP contribution in [-0.2, 0) is 10.0 Å². The summed E-state index contributed by atoms with van der Waals surface area (Å²) in [4.78, 5) is 0.268. The Morgan fingerprint density at radius 3 is 2.59 bits per heavy atom. The van der Waals surface area contributed by atoms with Crippen molar-refractivity contribution in [3.05, 3.63) is 23.2 Å². The lowest BCUT2D eigenvalue weighted by Crippen LogP contribution is -2.35. The molecule has 22 heavy (non-hydrogen) atoms. The first-order chi connectivity index (χ1) is 10.6. The van der Waals surface area contributed by atoms with Crippen molar-refractivity contribution in [1.82, 2.24) is 4.31 Å². The number of benzene rings is 1. The zero-order chi connectivity index (χ0) is 16.0. The Kier molecular flexibility index (Phi) is 6.53. The van der Waals surface area contributed by atoms with Gasteiger partial charge in [-0.1, -0.05) is 37.8 Å². The average molecular weight is 346 g/mol.